The molecule has 3 saturated heterocycles. The maximum atomic E-state index is 16.6. The Kier molecular flexibility index (Phi) is 15.3. The summed E-state index contributed by atoms with van der Waals surface area (Å²) < 4.78 is 51.4. The van der Waals surface area contributed by atoms with Gasteiger partial charge in [-0.1, -0.05) is 27.7 Å². The normalized spacial score (nSPS) is 22.9. The third-order valence-electron chi connectivity index (χ3n) is 14.7. The number of cyclic esters (lactones) is 1. The van der Waals surface area contributed by atoms with Crippen molar-refractivity contribution in [2.45, 2.75) is 129 Å². The zero-order valence-electron chi connectivity index (χ0n) is 42.3. The van der Waals surface area contributed by atoms with Gasteiger partial charge in [0.05, 0.1) is 49.4 Å². The van der Waals surface area contributed by atoms with Crippen LogP contribution in [0.5, 0.6) is 0 Å². The number of esters is 1. The second-order valence-corrected chi connectivity index (χ2v) is 20.8. The van der Waals surface area contributed by atoms with Crippen molar-refractivity contribution in [3.05, 3.63) is 59.9 Å². The van der Waals surface area contributed by atoms with Gasteiger partial charge >= 0.3 is 12.0 Å². The predicted octanol–water partition coefficient (Wildman–Crippen LogP) is 5.75. The zero-order valence-corrected chi connectivity index (χ0v) is 42.3. The second-order valence-electron chi connectivity index (χ2n) is 20.8. The molecule has 0 unspecified atom stereocenters. The van der Waals surface area contributed by atoms with Crippen molar-refractivity contribution in [3.63, 3.8) is 0 Å². The lowest BCUT2D eigenvalue weighted by atomic mass is 9.84. The van der Waals surface area contributed by atoms with Gasteiger partial charge in [-0.25, -0.2) is 19.3 Å². The molecule has 3 fully saturated rings. The maximum absolute atomic E-state index is 16.6. The molecule has 1 aromatic carbocycles. The number of H-pyrrole nitrogens is 1. The van der Waals surface area contributed by atoms with Crippen molar-refractivity contribution in [2.24, 2.45) is 11.3 Å². The molecule has 0 radical (unpaired) electrons. The molecule has 3 aromatic heterocycles. The van der Waals surface area contributed by atoms with Gasteiger partial charge < -0.3 is 38.8 Å². The molecule has 20 heteroatoms. The number of methoxy groups -OCH3 is 1. The van der Waals surface area contributed by atoms with Crippen molar-refractivity contribution in [1.82, 2.24) is 44.9 Å². The van der Waals surface area contributed by atoms with Crippen molar-refractivity contribution in [1.29, 1.82) is 0 Å². The molecule has 3 N–H and O–H groups in total. The number of nitrogens with one attached hydrogen (secondary N) is 3. The average Bonchev–Trinajstić information content (AvgIpc) is 3.64. The number of aryl methyl sites for hydroxylation is 1. The van der Waals surface area contributed by atoms with Crippen LogP contribution >= 0.6 is 0 Å². The fraction of sp³-hybridized carbons (Fsp3) is 0.608. The van der Waals surface area contributed by atoms with Crippen molar-refractivity contribution in [3.8, 4) is 11.3 Å². The summed E-state index contributed by atoms with van der Waals surface area (Å²) in [6, 6.07) is 7.17. The zero-order chi connectivity index (χ0) is 50.9. The first-order valence-electron chi connectivity index (χ1n) is 25.0. The number of carbonyl (C=O) groups is 5. The van der Waals surface area contributed by atoms with E-state index in [2.05, 4.69) is 70.3 Å². The number of piperidine rings is 1. The molecule has 6 bridgehead atoms. The van der Waals surface area contributed by atoms with Crippen molar-refractivity contribution >= 4 is 46.3 Å². The van der Waals surface area contributed by atoms with Crippen LogP contribution in [0.3, 0.4) is 0 Å². The van der Waals surface area contributed by atoms with E-state index in [0.29, 0.717) is 52.0 Å². The van der Waals surface area contributed by atoms with E-state index in [1.807, 2.05) is 13.0 Å². The van der Waals surface area contributed by atoms with E-state index in [0.717, 1.165) is 54.9 Å². The van der Waals surface area contributed by atoms with Crippen LogP contribution in [0.1, 0.15) is 97.4 Å². The molecule has 4 aliphatic heterocycles. The maximum Gasteiger partial charge on any atom is 0.343 e. The summed E-state index contributed by atoms with van der Waals surface area (Å²) >= 11 is 0. The molecule has 71 heavy (non-hydrogen) atoms. The summed E-state index contributed by atoms with van der Waals surface area (Å²) in [6.45, 7) is 14.1. The molecule has 0 saturated carbocycles. The van der Waals surface area contributed by atoms with Gasteiger partial charge in [0.1, 0.15) is 12.1 Å². The first-order chi connectivity index (χ1) is 33.8. The van der Waals surface area contributed by atoms with Crippen LogP contribution in [-0.4, -0.2) is 154 Å². The fourth-order valence-corrected chi connectivity index (χ4v) is 10.8. The smallest absolute Gasteiger partial charge is 0.343 e. The molecule has 4 aliphatic rings. The van der Waals surface area contributed by atoms with Gasteiger partial charge in [-0.05, 0) is 74.9 Å². The molecular weight excluding hydrogens is 919 g/mol. The molecule has 8 rings (SSSR count). The number of morpholine rings is 1. The number of pyridine rings is 1. The third kappa shape index (κ3) is 10.8. The Labute approximate surface area is 413 Å². The highest BCUT2D eigenvalue weighted by molar-refractivity contribution is 5.96. The Hall–Kier alpha value is -5.86. The topological polar surface area (TPSA) is 189 Å². The van der Waals surface area contributed by atoms with Gasteiger partial charge in [0.2, 0.25) is 11.9 Å². The highest BCUT2D eigenvalue weighted by Crippen LogP contribution is 2.42. The number of hydrogen-bond acceptors (Lipinski definition) is 11. The van der Waals surface area contributed by atoms with E-state index in [1.165, 1.54) is 17.0 Å². The molecule has 386 valence electrons. The van der Waals surface area contributed by atoms with E-state index in [4.69, 9.17) is 19.2 Å². The second kappa shape index (κ2) is 21.1. The number of amides is 4. The number of aromatic nitrogens is 4. The van der Waals surface area contributed by atoms with Gasteiger partial charge in [-0.3, -0.25) is 34.3 Å². The Morgan fingerprint density at radius 3 is 2.52 bits per heavy atom. The summed E-state index contributed by atoms with van der Waals surface area (Å²) in [6.07, 6.45) is 3.19. The van der Waals surface area contributed by atoms with Gasteiger partial charge in [-0.2, -0.15) is 4.39 Å². The number of benzene rings is 1. The van der Waals surface area contributed by atoms with Crippen LogP contribution in [0, 0.1) is 17.3 Å². The van der Waals surface area contributed by atoms with E-state index < -0.39 is 76.9 Å². The Morgan fingerprint density at radius 1 is 1.08 bits per heavy atom. The minimum Gasteiger partial charge on any atom is -0.465 e. The summed E-state index contributed by atoms with van der Waals surface area (Å²) in [4.78, 5) is 79.3. The number of hydrazine groups is 1. The number of aromatic amines is 1. The number of alkyl halides is 1. The summed E-state index contributed by atoms with van der Waals surface area (Å²) in [7, 11) is 3.06. The van der Waals surface area contributed by atoms with E-state index in [9.17, 15) is 28.4 Å². The number of ether oxygens (including phenoxy) is 3. The summed E-state index contributed by atoms with van der Waals surface area (Å²) in [5.74, 6) is -3.56. The molecule has 4 aromatic rings. The Morgan fingerprint density at radius 2 is 1.83 bits per heavy atom. The molecule has 5 atom stereocenters. The van der Waals surface area contributed by atoms with Crippen LogP contribution < -0.4 is 15.6 Å². The molecular formula is C51H70F2N10O8. The monoisotopic (exact) mass is 989 g/mol. The van der Waals surface area contributed by atoms with Crippen LogP contribution in [0.4, 0.5) is 19.3 Å². The van der Waals surface area contributed by atoms with Crippen LogP contribution in [0.15, 0.2) is 42.7 Å². The summed E-state index contributed by atoms with van der Waals surface area (Å²) in [5, 5.41) is 7.71. The molecule has 18 nitrogen and oxygen atoms in total. The lowest BCUT2D eigenvalue weighted by Gasteiger charge is -2.41. The standard InChI is InChI=1S/C51H70F2N10O8/c1-9-61-40-15-14-34-25-37(40)38(45(61)36-13-10-18-54-43(36)32(4)69-8)27-50(5,6)30-71-42(64)24-33-12-11-19-62(56-33)47(66)39(26-35-28-60(34)22-23-70-35)55-46(65)44(31(2)3)58(7)48(67)51(53)16-20-59(21-17-51)49(68)63-29-41(52)57-63/h10,13-15,18,25,29,31-33,35,39,44,56-57H,9,11-12,16-17,19-24,26-28,30H2,1-8H3,(H,55,65)/t32-,33-,35-,39-,44-/m0/s1. The molecule has 0 spiro atoms. The highest BCUT2D eigenvalue weighted by Gasteiger charge is 2.48. The van der Waals surface area contributed by atoms with E-state index >= 15 is 4.39 Å². The number of likely N-dealkylation sites (N-methyl/N-ethyl adjacent to an activating group) is 1. The third-order valence-corrected chi connectivity index (χ3v) is 14.7. The molecule has 7 heterocycles. The minimum atomic E-state index is -2.38. The number of halogens is 2. The summed E-state index contributed by atoms with van der Waals surface area (Å²) in [5.41, 5.74) is 6.29. The fourth-order valence-electron chi connectivity index (χ4n) is 10.8. The highest BCUT2D eigenvalue weighted by atomic mass is 19.1. The lowest BCUT2D eigenvalue weighted by molar-refractivity contribution is -0.154. The van der Waals surface area contributed by atoms with Gasteiger partial charge in [0.25, 0.3) is 11.8 Å². The van der Waals surface area contributed by atoms with Gasteiger partial charge in [0, 0.05) is 112 Å². The van der Waals surface area contributed by atoms with Gasteiger partial charge in [-0.15, -0.1) is 0 Å². The number of nitrogens with zero attached hydrogens (tertiary/aromatic N) is 7. The quantitative estimate of drug-likeness (QED) is 0.174. The van der Waals surface area contributed by atoms with E-state index in [-0.39, 0.29) is 51.5 Å². The SMILES string of the molecule is CCn1c(-c2cccnc2[C@H](C)OC)c2c3cc(ccc31)N1CCO[C@@H](C[C@H](NC(=O)[C@H](C(C)C)N(C)C(=O)C3(F)CCN(C(=O)n4cc(F)[nH]4)CC3)C(=O)N3CCC[C@@H](CC(=O)OCC(C)(C)C2)N3)C1. The number of anilines is 1. The lowest BCUT2D eigenvalue weighted by Crippen LogP contribution is -2.63. The number of carbonyl (C=O) groups excluding carboxylic acids is 5. The number of hydrogen-bond donors (Lipinski definition) is 3. The first-order valence-corrected chi connectivity index (χ1v) is 25.0. The van der Waals surface area contributed by atoms with Crippen molar-refractivity contribution in [2.75, 3.05) is 65.0 Å². The number of fused-ring (bicyclic) bond motifs is 6. The predicted molar refractivity (Wildman–Crippen MR) is 261 cm³/mol. The van der Waals surface area contributed by atoms with Crippen LogP contribution in [0.2, 0.25) is 0 Å². The van der Waals surface area contributed by atoms with Crippen LogP contribution in [-0.2, 0) is 46.4 Å². The Balaban J connectivity index is 1.10. The largest absolute Gasteiger partial charge is 0.465 e. The number of likely N-dealkylation sites (tertiary alicyclic amines) is 1. The average molecular weight is 989 g/mol. The van der Waals surface area contributed by atoms with Gasteiger partial charge in [0.15, 0.2) is 5.67 Å². The van der Waals surface area contributed by atoms with Crippen molar-refractivity contribution < 1.29 is 47.0 Å². The minimum absolute atomic E-state index is 0.0132. The Bertz CT molecular complexity index is 2590. The van der Waals surface area contributed by atoms with E-state index in [1.54, 1.807) is 27.2 Å². The molecule has 4 amide bonds. The first kappa shape index (κ1) is 51.5. The van der Waals surface area contributed by atoms with Crippen LogP contribution in [0.25, 0.3) is 22.2 Å². The number of rotatable bonds is 9. The molecule has 0 aliphatic carbocycles.